The van der Waals surface area contributed by atoms with Gasteiger partial charge in [-0.15, -0.1) is 0 Å². The van der Waals surface area contributed by atoms with Crippen LogP contribution in [0.25, 0.3) is 0 Å². The molecule has 16 unspecified atom stereocenters. The van der Waals surface area contributed by atoms with E-state index >= 15 is 0 Å². The summed E-state index contributed by atoms with van der Waals surface area (Å²) in [7, 11) is 7.18. The van der Waals surface area contributed by atoms with E-state index < -0.39 is 75.3 Å². The lowest BCUT2D eigenvalue weighted by Gasteiger charge is -2.48. The van der Waals surface area contributed by atoms with Crippen molar-refractivity contribution in [2.75, 3.05) is 13.2 Å². The summed E-state index contributed by atoms with van der Waals surface area (Å²) in [6.07, 6.45) is -6.09. The van der Waals surface area contributed by atoms with E-state index in [2.05, 4.69) is 44.3 Å². The maximum atomic E-state index is 11.4. The average Bonchev–Trinajstić information content (AvgIpc) is 2.80. The number of nitrogens with one attached hydrogen (secondary N) is 2. The Bertz CT molecular complexity index is 662. The van der Waals surface area contributed by atoms with E-state index in [1.165, 1.54) is 0 Å². The molecule has 35 heavy (non-hydrogen) atoms. The van der Waals surface area contributed by atoms with Crippen molar-refractivity contribution in [1.29, 1.82) is 0 Å². The van der Waals surface area contributed by atoms with Crippen LogP contribution in [0, 0.1) is 5.92 Å². The Hall–Kier alpha value is 1.24. The third kappa shape index (κ3) is 7.67. The normalized spacial score (nSPS) is 47.2. The molecular weight excluding hydrogens is 536 g/mol. The third-order valence-electron chi connectivity index (χ3n) is 6.93. The Kier molecular flexibility index (Phi) is 12.3. The van der Waals surface area contributed by atoms with Gasteiger partial charge in [-0.2, -0.15) is 0 Å². The van der Waals surface area contributed by atoms with E-state index in [0.717, 1.165) is 12.8 Å². The van der Waals surface area contributed by atoms with Crippen LogP contribution < -0.4 is 21.6 Å². The molecule has 0 aromatic carbocycles. The molecule has 2 heterocycles. The predicted molar refractivity (Wildman–Crippen MR) is 142 cm³/mol. The zero-order valence-corrected chi connectivity index (χ0v) is 24.2. The monoisotopic (exact) mass is 578 g/mol. The quantitative estimate of drug-likeness (QED) is 0.142. The Morgan fingerprint density at radius 3 is 2.31 bits per heavy atom. The topological polar surface area (TPSA) is 194 Å². The first-order valence-electron chi connectivity index (χ1n) is 11.8. The highest BCUT2D eigenvalue weighted by Crippen LogP contribution is 2.50. The molecule has 12 nitrogen and oxygen atoms in total. The Labute approximate surface area is 214 Å². The number of rotatable bonds is 9. The number of aliphatic hydroxyl groups is 4. The molecular formula is C19H42N4O8P4. The van der Waals surface area contributed by atoms with E-state index in [-0.39, 0.29) is 18.1 Å². The minimum absolute atomic E-state index is 0.00940. The smallest absolute Gasteiger partial charge is 0.186 e. The summed E-state index contributed by atoms with van der Waals surface area (Å²) < 4.78 is 24.1. The molecule has 0 spiro atoms. The second kappa shape index (κ2) is 14.0. The molecule has 16 atom stereocenters. The van der Waals surface area contributed by atoms with Gasteiger partial charge in [-0.05, 0) is 26.7 Å². The molecule has 0 radical (unpaired) electrons. The van der Waals surface area contributed by atoms with Crippen molar-refractivity contribution in [3.8, 4) is 0 Å². The molecule has 2 aliphatic heterocycles. The Balaban J connectivity index is 1.76. The number of aliphatic hydroxyl groups excluding tert-OH is 4. The highest BCUT2D eigenvalue weighted by molar-refractivity contribution is 8.42. The Morgan fingerprint density at radius 1 is 1.00 bits per heavy atom. The van der Waals surface area contributed by atoms with Crippen LogP contribution in [-0.2, 0) is 18.9 Å². The molecule has 3 aliphatic rings. The van der Waals surface area contributed by atoms with Crippen molar-refractivity contribution in [3.05, 3.63) is 0 Å². The van der Waals surface area contributed by atoms with Crippen molar-refractivity contribution in [1.82, 2.24) is 10.2 Å². The second-order valence-corrected chi connectivity index (χ2v) is 16.2. The first-order chi connectivity index (χ1) is 16.6. The molecule has 0 amide bonds. The molecule has 1 aliphatic carbocycles. The van der Waals surface area contributed by atoms with Gasteiger partial charge in [-0.25, -0.2) is 0 Å². The van der Waals surface area contributed by atoms with Crippen molar-refractivity contribution in [3.63, 3.8) is 0 Å². The minimum atomic E-state index is -1.38. The van der Waals surface area contributed by atoms with E-state index in [0.29, 0.717) is 13.0 Å². The molecule has 0 bridgehead atoms. The third-order valence-corrected chi connectivity index (χ3v) is 8.69. The molecule has 0 aromatic rings. The van der Waals surface area contributed by atoms with Crippen LogP contribution in [0.3, 0.4) is 0 Å². The van der Waals surface area contributed by atoms with Gasteiger partial charge in [0.25, 0.3) is 0 Å². The maximum absolute atomic E-state index is 11.4. The van der Waals surface area contributed by atoms with Gasteiger partial charge in [0.05, 0.1) is 18.8 Å². The summed E-state index contributed by atoms with van der Waals surface area (Å²) in [4.78, 5) is 0. The molecule has 0 aromatic heterocycles. The fourth-order valence-electron chi connectivity index (χ4n) is 4.88. The number of nitrogens with two attached hydrogens (primary N) is 2. The molecule has 10 N–H and O–H groups in total. The summed E-state index contributed by atoms with van der Waals surface area (Å²) in [6.45, 7) is 2.21. The first kappa shape index (κ1) is 30.8. The maximum Gasteiger partial charge on any atom is 0.186 e. The van der Waals surface area contributed by atoms with E-state index in [9.17, 15) is 20.4 Å². The van der Waals surface area contributed by atoms with Crippen LogP contribution in [0.4, 0.5) is 0 Å². The largest absolute Gasteiger partial charge is 0.394 e. The molecule has 1 saturated carbocycles. The van der Waals surface area contributed by atoms with Gasteiger partial charge in [0.2, 0.25) is 0 Å². The van der Waals surface area contributed by atoms with Gasteiger partial charge >= 0.3 is 0 Å². The first-order valence-corrected chi connectivity index (χ1v) is 17.0. The second-order valence-electron chi connectivity index (χ2n) is 9.61. The molecule has 3 rings (SSSR count). The summed E-state index contributed by atoms with van der Waals surface area (Å²) in [6, 6.07) is -1.98. The fourth-order valence-corrected chi connectivity index (χ4v) is 6.92. The lowest BCUT2D eigenvalue weighted by atomic mass is 9.84. The predicted octanol–water partition coefficient (Wildman–Crippen LogP) is -1.93. The number of ether oxygens (including phenoxy) is 4. The van der Waals surface area contributed by atoms with Gasteiger partial charge in [0.15, 0.2) is 12.6 Å². The van der Waals surface area contributed by atoms with Crippen LogP contribution in [0.5, 0.6) is 0 Å². The van der Waals surface area contributed by atoms with E-state index in [1.54, 1.807) is 0 Å². The van der Waals surface area contributed by atoms with Crippen molar-refractivity contribution in [2.24, 2.45) is 17.4 Å². The number of hydrogen-bond donors (Lipinski definition) is 8. The van der Waals surface area contributed by atoms with Gasteiger partial charge in [0, 0.05) is 24.5 Å². The average molecular weight is 578 g/mol. The van der Waals surface area contributed by atoms with E-state index in [1.807, 2.05) is 0 Å². The fraction of sp³-hybridized carbons (Fsp3) is 1.00. The summed E-state index contributed by atoms with van der Waals surface area (Å²) in [5.41, 5.74) is 12.3. The summed E-state index contributed by atoms with van der Waals surface area (Å²) in [5, 5.41) is 48.0. The van der Waals surface area contributed by atoms with Crippen LogP contribution >= 0.6 is 34.7 Å². The van der Waals surface area contributed by atoms with Gasteiger partial charge in [0.1, 0.15) is 36.6 Å². The standard InChI is InChI=1S/C19H42N4O8P4/c1-7-2-3-8(5-22-32)28-18(7)31-17-10(23-35(33)34)4-9(20)16(15(17)27)30-19-14(26)12(21)13(25)11(6-24)29-19/h7-19,22-27H,2-6,20-21,32-34H2,1H3. The zero-order chi connectivity index (χ0) is 25.9. The summed E-state index contributed by atoms with van der Waals surface area (Å²) >= 11 is 0. The lowest BCUT2D eigenvalue weighted by molar-refractivity contribution is -0.315. The van der Waals surface area contributed by atoms with E-state index in [4.69, 9.17) is 30.4 Å². The molecule has 3 fully saturated rings. The van der Waals surface area contributed by atoms with Crippen molar-refractivity contribution in [2.45, 2.75) is 99.6 Å². The lowest BCUT2D eigenvalue weighted by Crippen LogP contribution is -2.67. The molecule has 2 saturated heterocycles. The minimum Gasteiger partial charge on any atom is -0.394 e. The summed E-state index contributed by atoms with van der Waals surface area (Å²) in [5.74, 6) is 0.125. The van der Waals surface area contributed by atoms with Crippen LogP contribution in [0.2, 0.25) is 0 Å². The van der Waals surface area contributed by atoms with Gasteiger partial charge in [-0.3, -0.25) is 10.2 Å². The van der Waals surface area contributed by atoms with Gasteiger partial charge in [-0.1, -0.05) is 34.2 Å². The van der Waals surface area contributed by atoms with Crippen molar-refractivity contribution < 1.29 is 39.4 Å². The molecule has 16 heteroatoms. The van der Waals surface area contributed by atoms with Crippen LogP contribution in [-0.4, -0.2) is 107 Å². The number of hydrogen-bond acceptors (Lipinski definition) is 12. The highest BCUT2D eigenvalue weighted by Gasteiger charge is 2.50. The van der Waals surface area contributed by atoms with Crippen molar-refractivity contribution >= 4 is 34.7 Å². The highest BCUT2D eigenvalue weighted by atomic mass is 32.4. The van der Waals surface area contributed by atoms with Crippen LogP contribution in [0.1, 0.15) is 26.2 Å². The Morgan fingerprint density at radius 2 is 1.69 bits per heavy atom. The van der Waals surface area contributed by atoms with Crippen LogP contribution in [0.15, 0.2) is 0 Å². The SMILES string of the molecule is CC1CCC(CNP)OC1OC1C(NP(P)P)CC(N)C(OC2OC(CO)C(O)C(N)C2O)C1O. The molecule has 206 valence electrons. The zero-order valence-electron chi connectivity index (χ0n) is 19.8. The van der Waals surface area contributed by atoms with Gasteiger partial charge < -0.3 is 50.8 Å².